The summed E-state index contributed by atoms with van der Waals surface area (Å²) in [7, 11) is -3.62. The number of amides is 1. The van der Waals surface area contributed by atoms with Gasteiger partial charge >= 0.3 is 0 Å². The number of carbonyl (C=O) groups is 1. The van der Waals surface area contributed by atoms with Gasteiger partial charge in [0.2, 0.25) is 10.0 Å². The number of nitrogens with one attached hydrogen (secondary N) is 1. The Morgan fingerprint density at radius 3 is 2.41 bits per heavy atom. The van der Waals surface area contributed by atoms with Gasteiger partial charge in [-0.05, 0) is 37.6 Å². The fraction of sp³-hybridized carbons (Fsp3) is 0.438. The number of nitrogens with zero attached hydrogens (tertiary/aromatic N) is 1. The molecule has 0 atom stereocenters. The number of hydrogen-bond acceptors (Lipinski definition) is 3. The summed E-state index contributed by atoms with van der Waals surface area (Å²) in [6.07, 6.45) is 7.00. The fourth-order valence-corrected chi connectivity index (χ4v) is 2.87. The molecule has 0 aromatic heterocycles. The Labute approximate surface area is 132 Å². The lowest BCUT2D eigenvalue weighted by Gasteiger charge is -2.20. The molecular weight excluding hydrogens is 300 g/mol. The summed E-state index contributed by atoms with van der Waals surface area (Å²) in [6.45, 7) is 5.26. The molecule has 0 spiro atoms. The van der Waals surface area contributed by atoms with Crippen molar-refractivity contribution in [2.45, 2.75) is 31.6 Å². The average Bonchev–Trinajstić information content (AvgIpc) is 2.53. The molecule has 1 N–H and O–H groups in total. The maximum absolute atomic E-state index is 12.3. The third-order valence-electron chi connectivity index (χ3n) is 3.23. The van der Waals surface area contributed by atoms with E-state index in [1.54, 1.807) is 4.90 Å². The predicted octanol–water partition coefficient (Wildman–Crippen LogP) is 1.86. The van der Waals surface area contributed by atoms with Crippen LogP contribution in [0.5, 0.6) is 0 Å². The van der Waals surface area contributed by atoms with Gasteiger partial charge in [-0.15, -0.1) is 6.42 Å². The van der Waals surface area contributed by atoms with Crippen LogP contribution in [0, 0.1) is 12.3 Å². The standard InChI is InChI=1S/C16H22N2O3S/c1-4-7-13-18(6-3)16(19)14-8-10-15(11-9-14)22(20,21)17-12-5-2/h2,8-11,17H,4,6-7,12-13H2,1,3H3. The van der Waals surface area contributed by atoms with E-state index in [1.165, 1.54) is 24.3 Å². The summed E-state index contributed by atoms with van der Waals surface area (Å²) in [5, 5.41) is 0. The van der Waals surface area contributed by atoms with Crippen molar-refractivity contribution >= 4 is 15.9 Å². The minimum Gasteiger partial charge on any atom is -0.339 e. The molecule has 22 heavy (non-hydrogen) atoms. The molecule has 0 radical (unpaired) electrons. The quantitative estimate of drug-likeness (QED) is 0.743. The van der Waals surface area contributed by atoms with Crippen LogP contribution in [0.3, 0.4) is 0 Å². The first-order valence-electron chi connectivity index (χ1n) is 7.28. The molecule has 0 bridgehead atoms. The minimum absolute atomic E-state index is 0.0658. The first-order chi connectivity index (χ1) is 10.5. The number of unbranched alkanes of at least 4 members (excludes halogenated alkanes) is 1. The first kappa shape index (κ1) is 18.2. The molecule has 0 aliphatic rings. The molecular formula is C16H22N2O3S. The summed E-state index contributed by atoms with van der Waals surface area (Å²) < 4.78 is 26.1. The van der Waals surface area contributed by atoms with Gasteiger partial charge in [0.15, 0.2) is 0 Å². The Bertz CT molecular complexity index is 630. The highest BCUT2D eigenvalue weighted by Crippen LogP contribution is 2.12. The van der Waals surface area contributed by atoms with Gasteiger partial charge < -0.3 is 4.90 Å². The highest BCUT2D eigenvalue weighted by molar-refractivity contribution is 7.89. The van der Waals surface area contributed by atoms with E-state index in [9.17, 15) is 13.2 Å². The fourth-order valence-electron chi connectivity index (χ4n) is 1.93. The molecule has 1 rings (SSSR count). The molecule has 120 valence electrons. The number of rotatable bonds is 8. The Hall–Kier alpha value is -1.84. The highest BCUT2D eigenvalue weighted by atomic mass is 32.2. The van der Waals surface area contributed by atoms with Crippen molar-refractivity contribution in [3.63, 3.8) is 0 Å². The normalized spacial score (nSPS) is 11.0. The van der Waals surface area contributed by atoms with Crippen LogP contribution >= 0.6 is 0 Å². The maximum Gasteiger partial charge on any atom is 0.253 e. The van der Waals surface area contributed by atoms with E-state index in [-0.39, 0.29) is 17.3 Å². The van der Waals surface area contributed by atoms with Crippen LogP contribution < -0.4 is 4.72 Å². The van der Waals surface area contributed by atoms with Crippen molar-refractivity contribution in [2.75, 3.05) is 19.6 Å². The zero-order chi connectivity index (χ0) is 16.6. The van der Waals surface area contributed by atoms with E-state index < -0.39 is 10.0 Å². The predicted molar refractivity (Wildman–Crippen MR) is 86.9 cm³/mol. The van der Waals surface area contributed by atoms with Gasteiger partial charge in [-0.25, -0.2) is 8.42 Å². The van der Waals surface area contributed by atoms with Crippen molar-refractivity contribution in [1.29, 1.82) is 0 Å². The molecule has 1 aromatic rings. The van der Waals surface area contributed by atoms with E-state index in [0.717, 1.165) is 12.8 Å². The average molecular weight is 322 g/mol. The molecule has 0 heterocycles. The number of carbonyl (C=O) groups excluding carboxylic acids is 1. The molecule has 0 unspecified atom stereocenters. The van der Waals surface area contributed by atoms with E-state index in [0.29, 0.717) is 18.7 Å². The van der Waals surface area contributed by atoms with E-state index >= 15 is 0 Å². The minimum atomic E-state index is -3.62. The summed E-state index contributed by atoms with van der Waals surface area (Å²) >= 11 is 0. The van der Waals surface area contributed by atoms with Crippen LogP contribution in [-0.4, -0.2) is 38.9 Å². The van der Waals surface area contributed by atoms with Crippen molar-refractivity contribution in [2.24, 2.45) is 0 Å². The van der Waals surface area contributed by atoms with Crippen LogP contribution in [0.25, 0.3) is 0 Å². The van der Waals surface area contributed by atoms with Crippen LogP contribution in [0.2, 0.25) is 0 Å². The van der Waals surface area contributed by atoms with Crippen molar-refractivity contribution in [1.82, 2.24) is 9.62 Å². The summed E-state index contributed by atoms with van der Waals surface area (Å²) in [6, 6.07) is 5.89. The Balaban J connectivity index is 2.88. The molecule has 1 aromatic carbocycles. The molecule has 0 fully saturated rings. The van der Waals surface area contributed by atoms with Gasteiger partial charge in [-0.1, -0.05) is 19.3 Å². The molecule has 0 saturated carbocycles. The third kappa shape index (κ3) is 4.86. The lowest BCUT2D eigenvalue weighted by Crippen LogP contribution is -2.31. The van der Waals surface area contributed by atoms with E-state index in [4.69, 9.17) is 6.42 Å². The van der Waals surface area contributed by atoms with Crippen LogP contribution in [-0.2, 0) is 10.0 Å². The van der Waals surface area contributed by atoms with E-state index in [2.05, 4.69) is 17.6 Å². The number of terminal acetylenes is 1. The first-order valence-corrected chi connectivity index (χ1v) is 8.77. The van der Waals surface area contributed by atoms with Gasteiger partial charge in [-0.3, -0.25) is 4.79 Å². The van der Waals surface area contributed by atoms with Crippen LogP contribution in [0.4, 0.5) is 0 Å². The van der Waals surface area contributed by atoms with Crippen molar-refractivity contribution in [3.8, 4) is 12.3 Å². The zero-order valence-corrected chi connectivity index (χ0v) is 13.8. The van der Waals surface area contributed by atoms with Gasteiger partial charge in [0.25, 0.3) is 5.91 Å². The molecule has 5 nitrogen and oxygen atoms in total. The summed E-state index contributed by atoms with van der Waals surface area (Å²) in [5.74, 6) is 2.13. The molecule has 6 heteroatoms. The maximum atomic E-state index is 12.3. The van der Waals surface area contributed by atoms with Crippen molar-refractivity contribution in [3.05, 3.63) is 29.8 Å². The van der Waals surface area contributed by atoms with Gasteiger partial charge in [-0.2, -0.15) is 4.72 Å². The third-order valence-corrected chi connectivity index (χ3v) is 4.64. The monoisotopic (exact) mass is 322 g/mol. The van der Waals surface area contributed by atoms with Crippen LogP contribution in [0.1, 0.15) is 37.0 Å². The zero-order valence-electron chi connectivity index (χ0n) is 13.0. The largest absolute Gasteiger partial charge is 0.339 e. The van der Waals surface area contributed by atoms with E-state index in [1.807, 2.05) is 6.92 Å². The number of hydrogen-bond donors (Lipinski definition) is 1. The molecule has 1 amide bonds. The highest BCUT2D eigenvalue weighted by Gasteiger charge is 2.16. The number of benzene rings is 1. The lowest BCUT2D eigenvalue weighted by atomic mass is 10.2. The molecule has 0 aliphatic carbocycles. The Morgan fingerprint density at radius 1 is 1.27 bits per heavy atom. The summed E-state index contributed by atoms with van der Waals surface area (Å²) in [5.41, 5.74) is 0.480. The molecule has 0 aliphatic heterocycles. The van der Waals surface area contributed by atoms with Gasteiger partial charge in [0.05, 0.1) is 11.4 Å². The second-order valence-electron chi connectivity index (χ2n) is 4.79. The molecule has 0 saturated heterocycles. The smallest absolute Gasteiger partial charge is 0.253 e. The van der Waals surface area contributed by atoms with Gasteiger partial charge in [0.1, 0.15) is 0 Å². The topological polar surface area (TPSA) is 66.5 Å². The second kappa shape index (κ2) is 8.57. The van der Waals surface area contributed by atoms with Gasteiger partial charge in [0, 0.05) is 18.7 Å². The van der Waals surface area contributed by atoms with Crippen molar-refractivity contribution < 1.29 is 13.2 Å². The van der Waals surface area contributed by atoms with Crippen LogP contribution in [0.15, 0.2) is 29.2 Å². The lowest BCUT2D eigenvalue weighted by molar-refractivity contribution is 0.0762. The Kier molecular flexibility index (Phi) is 7.09. The second-order valence-corrected chi connectivity index (χ2v) is 6.56. The SMILES string of the molecule is C#CCNS(=O)(=O)c1ccc(C(=O)N(CC)CCCC)cc1. The number of sulfonamides is 1. The Morgan fingerprint density at radius 2 is 1.91 bits per heavy atom. The summed E-state index contributed by atoms with van der Waals surface area (Å²) in [4.78, 5) is 14.2.